The molecular weight excluding hydrogens is 148 g/mol. The molecule has 1 atom stereocenters. The van der Waals surface area contributed by atoms with Crippen LogP contribution in [0.25, 0.3) is 6.08 Å². The van der Waals surface area contributed by atoms with Crippen LogP contribution in [0.5, 0.6) is 0 Å². The topological polar surface area (TPSA) is 17.8 Å². The standard InChI is InChI=1S/C10H14N2/c1-8-4-3-5-9-10(6-8)12(2)7-11-9/h3,5,7-8H,4,6H2,1-2H3. The van der Waals surface area contributed by atoms with Gasteiger partial charge < -0.3 is 4.57 Å². The van der Waals surface area contributed by atoms with E-state index in [0.717, 1.165) is 18.0 Å². The van der Waals surface area contributed by atoms with Crippen molar-refractivity contribution in [3.8, 4) is 0 Å². The van der Waals surface area contributed by atoms with Crippen LogP contribution >= 0.6 is 0 Å². The van der Waals surface area contributed by atoms with Crippen molar-refractivity contribution in [1.29, 1.82) is 0 Å². The first-order chi connectivity index (χ1) is 5.77. The molecule has 0 aromatic carbocycles. The van der Waals surface area contributed by atoms with Gasteiger partial charge in [0.15, 0.2) is 0 Å². The number of imidazole rings is 1. The molecule has 1 aromatic rings. The predicted molar refractivity (Wildman–Crippen MR) is 49.7 cm³/mol. The number of rotatable bonds is 0. The SMILES string of the molecule is CC1CC=Cc2ncn(C)c2C1. The van der Waals surface area contributed by atoms with Crippen molar-refractivity contribution >= 4 is 6.08 Å². The Morgan fingerprint density at radius 1 is 1.58 bits per heavy atom. The average Bonchev–Trinajstić information content (AvgIpc) is 2.31. The molecule has 0 bridgehead atoms. The summed E-state index contributed by atoms with van der Waals surface area (Å²) in [7, 11) is 2.07. The third-order valence-corrected chi connectivity index (χ3v) is 2.45. The van der Waals surface area contributed by atoms with Crippen molar-refractivity contribution in [1.82, 2.24) is 9.55 Å². The van der Waals surface area contributed by atoms with E-state index in [1.54, 1.807) is 0 Å². The number of fused-ring (bicyclic) bond motifs is 1. The zero-order chi connectivity index (χ0) is 8.55. The Hall–Kier alpha value is -1.05. The molecule has 1 aromatic heterocycles. The molecule has 12 heavy (non-hydrogen) atoms. The third kappa shape index (κ3) is 1.17. The van der Waals surface area contributed by atoms with E-state index >= 15 is 0 Å². The second kappa shape index (κ2) is 2.77. The van der Waals surface area contributed by atoms with Crippen LogP contribution < -0.4 is 0 Å². The molecule has 0 radical (unpaired) electrons. The highest BCUT2D eigenvalue weighted by atomic mass is 15.0. The number of hydrogen-bond acceptors (Lipinski definition) is 1. The van der Waals surface area contributed by atoms with Crippen LogP contribution in [0.4, 0.5) is 0 Å². The zero-order valence-corrected chi connectivity index (χ0v) is 7.62. The number of aryl methyl sites for hydroxylation is 1. The molecule has 0 fully saturated rings. The molecule has 0 amide bonds. The highest BCUT2D eigenvalue weighted by Crippen LogP contribution is 2.20. The Morgan fingerprint density at radius 2 is 2.42 bits per heavy atom. The van der Waals surface area contributed by atoms with Gasteiger partial charge >= 0.3 is 0 Å². The molecule has 2 nitrogen and oxygen atoms in total. The van der Waals surface area contributed by atoms with Crippen molar-refractivity contribution in [2.24, 2.45) is 13.0 Å². The zero-order valence-electron chi connectivity index (χ0n) is 7.62. The Kier molecular flexibility index (Phi) is 1.75. The van der Waals surface area contributed by atoms with E-state index in [2.05, 4.69) is 35.7 Å². The van der Waals surface area contributed by atoms with Crippen LogP contribution in [0, 0.1) is 5.92 Å². The summed E-state index contributed by atoms with van der Waals surface area (Å²) >= 11 is 0. The lowest BCUT2D eigenvalue weighted by Gasteiger charge is -2.07. The largest absolute Gasteiger partial charge is 0.337 e. The number of hydrogen-bond donors (Lipinski definition) is 0. The van der Waals surface area contributed by atoms with E-state index in [-0.39, 0.29) is 0 Å². The molecule has 0 saturated heterocycles. The van der Waals surface area contributed by atoms with Crippen LogP contribution in [0.15, 0.2) is 12.4 Å². The number of allylic oxidation sites excluding steroid dienone is 1. The van der Waals surface area contributed by atoms with Gasteiger partial charge in [-0.1, -0.05) is 13.0 Å². The minimum atomic E-state index is 0.748. The van der Waals surface area contributed by atoms with E-state index in [1.165, 1.54) is 12.1 Å². The molecule has 0 aliphatic heterocycles. The minimum Gasteiger partial charge on any atom is -0.337 e. The van der Waals surface area contributed by atoms with Gasteiger partial charge in [0.1, 0.15) is 0 Å². The van der Waals surface area contributed by atoms with E-state index in [4.69, 9.17) is 0 Å². The fourth-order valence-electron chi connectivity index (χ4n) is 1.69. The summed E-state index contributed by atoms with van der Waals surface area (Å²) in [5.74, 6) is 0.748. The van der Waals surface area contributed by atoms with Gasteiger partial charge in [0.2, 0.25) is 0 Å². The molecule has 1 aliphatic rings. The van der Waals surface area contributed by atoms with Gasteiger partial charge in [-0.25, -0.2) is 4.98 Å². The Morgan fingerprint density at radius 3 is 3.25 bits per heavy atom. The lowest BCUT2D eigenvalue weighted by Crippen LogP contribution is -2.02. The maximum absolute atomic E-state index is 4.33. The maximum atomic E-state index is 4.33. The first kappa shape index (κ1) is 7.59. The van der Waals surface area contributed by atoms with Crippen molar-refractivity contribution in [2.75, 3.05) is 0 Å². The van der Waals surface area contributed by atoms with Crippen LogP contribution in [0.2, 0.25) is 0 Å². The Bertz CT molecular complexity index is 310. The van der Waals surface area contributed by atoms with Gasteiger partial charge in [0.25, 0.3) is 0 Å². The lowest BCUT2D eigenvalue weighted by atomic mass is 10.0. The van der Waals surface area contributed by atoms with Crippen LogP contribution in [0.1, 0.15) is 24.7 Å². The van der Waals surface area contributed by atoms with Crippen LogP contribution in [-0.2, 0) is 13.5 Å². The van der Waals surface area contributed by atoms with Gasteiger partial charge in [0.05, 0.1) is 12.0 Å². The van der Waals surface area contributed by atoms with Gasteiger partial charge in [-0.15, -0.1) is 0 Å². The molecular formula is C10H14N2. The summed E-state index contributed by atoms with van der Waals surface area (Å²) in [6.07, 6.45) is 8.59. The molecule has 1 heterocycles. The number of aromatic nitrogens is 2. The average molecular weight is 162 g/mol. The summed E-state index contributed by atoms with van der Waals surface area (Å²) in [4.78, 5) is 4.33. The molecule has 2 heteroatoms. The first-order valence-corrected chi connectivity index (χ1v) is 4.44. The van der Waals surface area contributed by atoms with Gasteiger partial charge in [-0.2, -0.15) is 0 Å². The third-order valence-electron chi connectivity index (χ3n) is 2.45. The maximum Gasteiger partial charge on any atom is 0.0953 e. The van der Waals surface area contributed by atoms with E-state index in [9.17, 15) is 0 Å². The molecule has 0 N–H and O–H groups in total. The monoisotopic (exact) mass is 162 g/mol. The summed E-state index contributed by atoms with van der Waals surface area (Å²) in [6.45, 7) is 2.28. The molecule has 1 unspecified atom stereocenters. The molecule has 64 valence electrons. The van der Waals surface area contributed by atoms with Crippen LogP contribution in [0.3, 0.4) is 0 Å². The fourth-order valence-corrected chi connectivity index (χ4v) is 1.69. The Labute approximate surface area is 72.9 Å². The first-order valence-electron chi connectivity index (χ1n) is 4.44. The van der Waals surface area contributed by atoms with E-state index in [0.29, 0.717) is 0 Å². The summed E-state index contributed by atoms with van der Waals surface area (Å²) in [5, 5.41) is 0. The van der Waals surface area contributed by atoms with Crippen molar-refractivity contribution in [3.63, 3.8) is 0 Å². The van der Waals surface area contributed by atoms with E-state index < -0.39 is 0 Å². The van der Waals surface area contributed by atoms with Crippen molar-refractivity contribution in [2.45, 2.75) is 19.8 Å². The highest BCUT2D eigenvalue weighted by Gasteiger charge is 2.12. The van der Waals surface area contributed by atoms with Gasteiger partial charge in [-0.3, -0.25) is 0 Å². The summed E-state index contributed by atoms with van der Waals surface area (Å²) in [6, 6.07) is 0. The minimum absolute atomic E-state index is 0.748. The highest BCUT2D eigenvalue weighted by molar-refractivity contribution is 5.48. The lowest BCUT2D eigenvalue weighted by molar-refractivity contribution is 0.572. The fraction of sp³-hybridized carbons (Fsp3) is 0.500. The van der Waals surface area contributed by atoms with Crippen LogP contribution in [-0.4, -0.2) is 9.55 Å². The van der Waals surface area contributed by atoms with Crippen molar-refractivity contribution < 1.29 is 0 Å². The summed E-state index contributed by atoms with van der Waals surface area (Å²) < 4.78 is 2.13. The van der Waals surface area contributed by atoms with Crippen molar-refractivity contribution in [3.05, 3.63) is 23.8 Å². The second-order valence-electron chi connectivity index (χ2n) is 3.63. The quantitative estimate of drug-likeness (QED) is 0.570. The summed E-state index contributed by atoms with van der Waals surface area (Å²) in [5.41, 5.74) is 2.53. The molecule has 1 aliphatic carbocycles. The molecule has 0 spiro atoms. The van der Waals surface area contributed by atoms with E-state index in [1.807, 2.05) is 6.33 Å². The normalized spacial score (nSPS) is 22.0. The molecule has 2 rings (SSSR count). The predicted octanol–water partition coefficient (Wildman–Crippen LogP) is 2.02. The second-order valence-corrected chi connectivity index (χ2v) is 3.63. The van der Waals surface area contributed by atoms with Gasteiger partial charge in [0, 0.05) is 12.7 Å². The smallest absolute Gasteiger partial charge is 0.0953 e. The van der Waals surface area contributed by atoms with Gasteiger partial charge in [-0.05, 0) is 24.8 Å². The molecule has 0 saturated carbocycles. The number of nitrogens with zero attached hydrogens (tertiary/aromatic N) is 2. The Balaban J connectivity index is 2.43.